The van der Waals surface area contributed by atoms with E-state index >= 15 is 0 Å². The molecule has 0 aromatic heterocycles. The van der Waals surface area contributed by atoms with Crippen molar-refractivity contribution in [3.8, 4) is 11.5 Å². The van der Waals surface area contributed by atoms with Crippen LogP contribution >= 0.6 is 11.6 Å². The molecule has 0 atom stereocenters. The fraction of sp³-hybridized carbons (Fsp3) is 0.588. The van der Waals surface area contributed by atoms with Gasteiger partial charge in [-0.2, -0.15) is 0 Å². The number of hydrogen-bond donors (Lipinski definition) is 0. The quantitative estimate of drug-likeness (QED) is 0.670. The maximum absolute atomic E-state index is 12.7. The molecule has 1 fully saturated rings. The first-order valence-electron chi connectivity index (χ1n) is 8.46. The summed E-state index contributed by atoms with van der Waals surface area (Å²) in [7, 11) is -3.04. The maximum Gasteiger partial charge on any atom is 0.254 e. The minimum absolute atomic E-state index is 0.0109. The topological polar surface area (TPSA) is 72.9 Å². The lowest BCUT2D eigenvalue weighted by atomic mass is 10.1. The van der Waals surface area contributed by atoms with Crippen LogP contribution < -0.4 is 9.47 Å². The van der Waals surface area contributed by atoms with Gasteiger partial charge in [0.2, 0.25) is 0 Å². The van der Waals surface area contributed by atoms with Gasteiger partial charge in [0.1, 0.15) is 0 Å². The predicted octanol–water partition coefficient (Wildman–Crippen LogP) is 2.79. The Kier molecular flexibility index (Phi) is 6.95. The first-order chi connectivity index (χ1) is 11.9. The summed E-state index contributed by atoms with van der Waals surface area (Å²) in [6.45, 7) is 5.23. The highest BCUT2D eigenvalue weighted by atomic mass is 35.5. The standard InChI is InChI=1S/C17H24ClNO5S/c1-3-5-8-24-16-14(18)11-13(12-15(16)23-4-2)17(20)19-6-9-25(21,22)10-7-19/h11-12H,3-10H2,1-2H3. The van der Waals surface area contributed by atoms with E-state index in [1.165, 1.54) is 4.90 Å². The lowest BCUT2D eigenvalue weighted by molar-refractivity contribution is 0.0769. The number of carbonyl (C=O) groups excluding carboxylic acids is 1. The van der Waals surface area contributed by atoms with Crippen molar-refractivity contribution >= 4 is 27.3 Å². The molecule has 1 saturated heterocycles. The van der Waals surface area contributed by atoms with Crippen LogP contribution in [0.15, 0.2) is 12.1 Å². The van der Waals surface area contributed by atoms with E-state index in [0.717, 1.165) is 12.8 Å². The molecule has 0 N–H and O–H groups in total. The third-order valence-electron chi connectivity index (χ3n) is 3.93. The van der Waals surface area contributed by atoms with Crippen LogP contribution in [0.1, 0.15) is 37.0 Å². The number of carbonyl (C=O) groups is 1. The van der Waals surface area contributed by atoms with Crippen LogP contribution in [0.3, 0.4) is 0 Å². The fourth-order valence-electron chi connectivity index (χ4n) is 2.51. The van der Waals surface area contributed by atoms with Gasteiger partial charge in [-0.05, 0) is 25.5 Å². The van der Waals surface area contributed by atoms with Gasteiger partial charge in [-0.25, -0.2) is 8.42 Å². The molecular formula is C17H24ClNO5S. The van der Waals surface area contributed by atoms with E-state index in [-0.39, 0.29) is 30.5 Å². The molecule has 140 valence electrons. The smallest absolute Gasteiger partial charge is 0.254 e. The van der Waals surface area contributed by atoms with Crippen LogP contribution in [0.25, 0.3) is 0 Å². The fourth-order valence-corrected chi connectivity index (χ4v) is 3.98. The summed E-state index contributed by atoms with van der Waals surface area (Å²) in [5, 5.41) is 0.315. The lowest BCUT2D eigenvalue weighted by Gasteiger charge is -2.27. The minimum Gasteiger partial charge on any atom is -0.490 e. The van der Waals surface area contributed by atoms with Crippen molar-refractivity contribution < 1.29 is 22.7 Å². The molecule has 1 aromatic carbocycles. The van der Waals surface area contributed by atoms with Crippen molar-refractivity contribution in [2.75, 3.05) is 37.8 Å². The van der Waals surface area contributed by atoms with Gasteiger partial charge >= 0.3 is 0 Å². The Morgan fingerprint density at radius 3 is 2.48 bits per heavy atom. The van der Waals surface area contributed by atoms with Crippen LogP contribution in [0.4, 0.5) is 0 Å². The van der Waals surface area contributed by atoms with E-state index < -0.39 is 9.84 Å². The van der Waals surface area contributed by atoms with E-state index in [0.29, 0.717) is 35.3 Å². The molecule has 1 heterocycles. The highest BCUT2D eigenvalue weighted by Crippen LogP contribution is 2.37. The van der Waals surface area contributed by atoms with Gasteiger partial charge < -0.3 is 14.4 Å². The number of halogens is 1. The average molecular weight is 390 g/mol. The molecule has 0 radical (unpaired) electrons. The van der Waals surface area contributed by atoms with Crippen LogP contribution in [-0.2, 0) is 9.84 Å². The molecule has 0 unspecified atom stereocenters. The Bertz CT molecular complexity index is 706. The van der Waals surface area contributed by atoms with Gasteiger partial charge in [0.05, 0.1) is 29.7 Å². The molecule has 8 heteroatoms. The third kappa shape index (κ3) is 5.25. The van der Waals surface area contributed by atoms with Crippen LogP contribution in [-0.4, -0.2) is 57.0 Å². The van der Waals surface area contributed by atoms with E-state index in [9.17, 15) is 13.2 Å². The maximum atomic E-state index is 12.7. The molecule has 1 amide bonds. The molecule has 1 aliphatic rings. The summed E-state index contributed by atoms with van der Waals surface area (Å²) in [5.41, 5.74) is 0.371. The third-order valence-corrected chi connectivity index (χ3v) is 5.82. The summed E-state index contributed by atoms with van der Waals surface area (Å²) in [6, 6.07) is 3.17. The Morgan fingerprint density at radius 1 is 1.20 bits per heavy atom. The monoisotopic (exact) mass is 389 g/mol. The van der Waals surface area contributed by atoms with E-state index in [1.54, 1.807) is 12.1 Å². The average Bonchev–Trinajstić information content (AvgIpc) is 2.56. The highest BCUT2D eigenvalue weighted by Gasteiger charge is 2.27. The Balaban J connectivity index is 2.21. The molecule has 1 aromatic rings. The number of nitrogens with zero attached hydrogens (tertiary/aromatic N) is 1. The number of hydrogen-bond acceptors (Lipinski definition) is 5. The van der Waals surface area contributed by atoms with Gasteiger partial charge in [0, 0.05) is 18.7 Å². The van der Waals surface area contributed by atoms with Gasteiger partial charge in [-0.1, -0.05) is 24.9 Å². The largest absolute Gasteiger partial charge is 0.490 e. The summed E-state index contributed by atoms with van der Waals surface area (Å²) >= 11 is 6.31. The minimum atomic E-state index is -3.04. The van der Waals surface area contributed by atoms with Crippen molar-refractivity contribution in [2.24, 2.45) is 0 Å². The normalized spacial score (nSPS) is 16.5. The summed E-state index contributed by atoms with van der Waals surface area (Å²) in [5.74, 6) is 0.595. The molecule has 0 spiro atoms. The van der Waals surface area contributed by atoms with Gasteiger partial charge in [-0.3, -0.25) is 4.79 Å². The molecule has 1 aliphatic heterocycles. The first kappa shape index (κ1) is 19.8. The number of rotatable bonds is 7. The number of sulfone groups is 1. The zero-order valence-electron chi connectivity index (χ0n) is 14.6. The summed E-state index contributed by atoms with van der Waals surface area (Å²) < 4.78 is 34.3. The molecule has 0 saturated carbocycles. The Labute approximate surface area is 154 Å². The molecule has 25 heavy (non-hydrogen) atoms. The van der Waals surface area contributed by atoms with Crippen molar-refractivity contribution in [2.45, 2.75) is 26.7 Å². The number of unbranched alkanes of at least 4 members (excludes halogenated alkanes) is 1. The lowest BCUT2D eigenvalue weighted by Crippen LogP contribution is -2.43. The first-order valence-corrected chi connectivity index (χ1v) is 10.7. The molecule has 0 bridgehead atoms. The molecular weight excluding hydrogens is 366 g/mol. The van der Waals surface area contributed by atoms with E-state index in [1.807, 2.05) is 6.92 Å². The second kappa shape index (κ2) is 8.76. The Hall–Kier alpha value is -1.47. The summed E-state index contributed by atoms with van der Waals surface area (Å²) in [4.78, 5) is 14.2. The number of benzene rings is 1. The zero-order valence-corrected chi connectivity index (χ0v) is 16.2. The van der Waals surface area contributed by atoms with Crippen LogP contribution in [0.2, 0.25) is 5.02 Å². The summed E-state index contributed by atoms with van der Waals surface area (Å²) in [6.07, 6.45) is 1.89. The highest BCUT2D eigenvalue weighted by molar-refractivity contribution is 7.91. The van der Waals surface area contributed by atoms with E-state index in [4.69, 9.17) is 21.1 Å². The second-order valence-corrected chi connectivity index (χ2v) is 8.58. The number of ether oxygens (including phenoxy) is 2. The molecule has 0 aliphatic carbocycles. The second-order valence-electron chi connectivity index (χ2n) is 5.86. The van der Waals surface area contributed by atoms with Crippen LogP contribution in [0, 0.1) is 0 Å². The van der Waals surface area contributed by atoms with Crippen molar-refractivity contribution in [1.29, 1.82) is 0 Å². The van der Waals surface area contributed by atoms with Gasteiger partial charge in [0.25, 0.3) is 5.91 Å². The van der Waals surface area contributed by atoms with Gasteiger partial charge in [-0.15, -0.1) is 0 Å². The van der Waals surface area contributed by atoms with Crippen molar-refractivity contribution in [1.82, 2.24) is 4.90 Å². The zero-order chi connectivity index (χ0) is 18.4. The van der Waals surface area contributed by atoms with E-state index in [2.05, 4.69) is 6.92 Å². The molecule has 2 rings (SSSR count). The Morgan fingerprint density at radius 2 is 1.88 bits per heavy atom. The molecule has 6 nitrogen and oxygen atoms in total. The number of amides is 1. The van der Waals surface area contributed by atoms with Crippen LogP contribution in [0.5, 0.6) is 11.5 Å². The van der Waals surface area contributed by atoms with Crippen molar-refractivity contribution in [3.63, 3.8) is 0 Å². The van der Waals surface area contributed by atoms with Crippen molar-refractivity contribution in [3.05, 3.63) is 22.7 Å². The van der Waals surface area contributed by atoms with Gasteiger partial charge in [0.15, 0.2) is 21.3 Å². The SMILES string of the molecule is CCCCOc1c(Cl)cc(C(=O)N2CCS(=O)(=O)CC2)cc1OCC. The predicted molar refractivity (Wildman–Crippen MR) is 97.6 cm³/mol.